The molecule has 2 atom stereocenters. The highest BCUT2D eigenvalue weighted by Crippen LogP contribution is 2.23. The van der Waals surface area contributed by atoms with Crippen LogP contribution in [0, 0.1) is 11.8 Å². The number of aliphatic imine (C=N–C) groups is 1. The molecule has 3 N–H and O–H groups in total. The van der Waals surface area contributed by atoms with Crippen molar-refractivity contribution >= 4 is 29.9 Å². The predicted molar refractivity (Wildman–Crippen MR) is 114 cm³/mol. The minimum atomic E-state index is 0. The zero-order valence-corrected chi connectivity index (χ0v) is 17.6. The van der Waals surface area contributed by atoms with E-state index in [2.05, 4.69) is 60.2 Å². The van der Waals surface area contributed by atoms with Gasteiger partial charge in [-0.15, -0.1) is 24.0 Å². The Bertz CT molecular complexity index is 508. The second-order valence-corrected chi connectivity index (χ2v) is 7.04. The van der Waals surface area contributed by atoms with Crippen LogP contribution >= 0.6 is 24.0 Å². The number of piperidine rings is 1. The lowest BCUT2D eigenvalue weighted by molar-refractivity contribution is 0.134. The van der Waals surface area contributed by atoms with Crippen molar-refractivity contribution < 1.29 is 0 Å². The second kappa shape index (κ2) is 10.9. The molecule has 0 saturated carbocycles. The van der Waals surface area contributed by atoms with E-state index >= 15 is 0 Å². The average Bonchev–Trinajstić information content (AvgIpc) is 2.51. The Balaban J connectivity index is 0.00000288. The lowest BCUT2D eigenvalue weighted by Crippen LogP contribution is -2.38. The highest BCUT2D eigenvalue weighted by atomic mass is 127. The van der Waals surface area contributed by atoms with Crippen molar-refractivity contribution in [3.8, 4) is 0 Å². The highest BCUT2D eigenvalue weighted by Gasteiger charge is 2.22. The number of guanidine groups is 1. The minimum Gasteiger partial charge on any atom is -0.370 e. The average molecular weight is 444 g/mol. The molecule has 0 amide bonds. The summed E-state index contributed by atoms with van der Waals surface area (Å²) in [5.74, 6) is 2.12. The van der Waals surface area contributed by atoms with Crippen LogP contribution in [0.2, 0.25) is 0 Å². The van der Waals surface area contributed by atoms with Gasteiger partial charge in [0.15, 0.2) is 5.96 Å². The molecule has 0 spiro atoms. The van der Waals surface area contributed by atoms with Gasteiger partial charge in [-0.3, -0.25) is 4.90 Å². The number of hydrogen-bond acceptors (Lipinski definition) is 2. The minimum absolute atomic E-state index is 0. The molecule has 2 rings (SSSR count). The normalized spacial score (nSPS) is 22.0. The molecule has 1 aliphatic heterocycles. The first-order valence-corrected chi connectivity index (χ1v) is 8.91. The van der Waals surface area contributed by atoms with Gasteiger partial charge in [0.1, 0.15) is 0 Å². The van der Waals surface area contributed by atoms with Crippen molar-refractivity contribution in [3.05, 3.63) is 35.4 Å². The van der Waals surface area contributed by atoms with Crippen LogP contribution in [0.5, 0.6) is 0 Å². The molecule has 0 aromatic heterocycles. The molecule has 0 aliphatic carbocycles. The molecule has 1 aromatic rings. The van der Waals surface area contributed by atoms with Crippen LogP contribution in [-0.4, -0.2) is 30.5 Å². The van der Waals surface area contributed by atoms with E-state index in [4.69, 9.17) is 5.73 Å². The van der Waals surface area contributed by atoms with Crippen LogP contribution in [0.4, 0.5) is 0 Å². The molecule has 1 aromatic carbocycles. The van der Waals surface area contributed by atoms with Crippen molar-refractivity contribution in [2.75, 3.05) is 19.6 Å². The topological polar surface area (TPSA) is 53.6 Å². The molecular weight excluding hydrogens is 411 g/mol. The van der Waals surface area contributed by atoms with Gasteiger partial charge in [-0.25, -0.2) is 4.99 Å². The maximum absolute atomic E-state index is 5.91. The highest BCUT2D eigenvalue weighted by molar-refractivity contribution is 14.0. The van der Waals surface area contributed by atoms with E-state index in [0.717, 1.165) is 31.3 Å². The van der Waals surface area contributed by atoms with Gasteiger partial charge < -0.3 is 11.1 Å². The van der Waals surface area contributed by atoms with Gasteiger partial charge in [-0.2, -0.15) is 0 Å². The number of likely N-dealkylation sites (tertiary alicyclic amines) is 1. The standard InChI is InChI=1S/C19H32N4.HI/c1-4-9-21-19(20)22-11-17-7-5-6-8-18(17)14-23-12-15(2)10-16(3)13-23;/h5-8,15-16H,4,9-14H2,1-3H3,(H3,20,21,22);1H. The Morgan fingerprint density at radius 3 is 2.46 bits per heavy atom. The summed E-state index contributed by atoms with van der Waals surface area (Å²) in [6.45, 7) is 11.8. The number of halogens is 1. The zero-order valence-electron chi connectivity index (χ0n) is 15.3. The van der Waals surface area contributed by atoms with Crippen LogP contribution in [0.1, 0.15) is 44.7 Å². The molecule has 1 heterocycles. The smallest absolute Gasteiger partial charge is 0.188 e. The fourth-order valence-corrected chi connectivity index (χ4v) is 3.51. The van der Waals surface area contributed by atoms with Gasteiger partial charge >= 0.3 is 0 Å². The third-order valence-electron chi connectivity index (χ3n) is 4.43. The number of benzene rings is 1. The molecule has 136 valence electrons. The first-order chi connectivity index (χ1) is 11.1. The summed E-state index contributed by atoms with van der Waals surface area (Å²) in [4.78, 5) is 7.06. The lowest BCUT2D eigenvalue weighted by atomic mass is 9.91. The SMILES string of the molecule is CCCNC(N)=NCc1ccccc1CN1CC(C)CC(C)C1.I. The van der Waals surface area contributed by atoms with E-state index in [1.165, 1.54) is 30.6 Å². The fourth-order valence-electron chi connectivity index (χ4n) is 3.51. The van der Waals surface area contributed by atoms with E-state index < -0.39 is 0 Å². The van der Waals surface area contributed by atoms with E-state index in [0.29, 0.717) is 12.5 Å². The molecule has 1 fully saturated rings. The molecule has 4 nitrogen and oxygen atoms in total. The fraction of sp³-hybridized carbons (Fsp3) is 0.632. The first kappa shape index (κ1) is 21.2. The molecule has 2 unspecified atom stereocenters. The van der Waals surface area contributed by atoms with Gasteiger partial charge in [-0.05, 0) is 35.8 Å². The molecule has 0 radical (unpaired) electrons. The summed E-state index contributed by atoms with van der Waals surface area (Å²) in [6.07, 6.45) is 2.40. The predicted octanol–water partition coefficient (Wildman–Crippen LogP) is 3.60. The summed E-state index contributed by atoms with van der Waals surface area (Å²) in [5.41, 5.74) is 8.56. The second-order valence-electron chi connectivity index (χ2n) is 7.04. The molecule has 24 heavy (non-hydrogen) atoms. The largest absolute Gasteiger partial charge is 0.370 e. The summed E-state index contributed by atoms with van der Waals surface area (Å²) >= 11 is 0. The number of hydrogen-bond donors (Lipinski definition) is 2. The van der Waals surface area contributed by atoms with Gasteiger partial charge in [0.2, 0.25) is 0 Å². The maximum Gasteiger partial charge on any atom is 0.188 e. The van der Waals surface area contributed by atoms with E-state index in [1.54, 1.807) is 0 Å². The van der Waals surface area contributed by atoms with Gasteiger partial charge in [0.25, 0.3) is 0 Å². The van der Waals surface area contributed by atoms with Crippen LogP contribution in [0.15, 0.2) is 29.3 Å². The number of nitrogens with zero attached hydrogens (tertiary/aromatic N) is 2. The van der Waals surface area contributed by atoms with Crippen molar-refractivity contribution in [2.45, 2.75) is 46.7 Å². The Kier molecular flexibility index (Phi) is 9.66. The number of nitrogens with two attached hydrogens (primary N) is 1. The Morgan fingerprint density at radius 1 is 1.21 bits per heavy atom. The van der Waals surface area contributed by atoms with Crippen LogP contribution < -0.4 is 11.1 Å². The van der Waals surface area contributed by atoms with Crippen LogP contribution in [-0.2, 0) is 13.1 Å². The summed E-state index contributed by atoms with van der Waals surface area (Å²) in [7, 11) is 0. The quantitative estimate of drug-likeness (QED) is 0.401. The molecule has 1 saturated heterocycles. The van der Waals surface area contributed by atoms with Gasteiger partial charge in [0, 0.05) is 26.2 Å². The van der Waals surface area contributed by atoms with E-state index in [9.17, 15) is 0 Å². The monoisotopic (exact) mass is 444 g/mol. The van der Waals surface area contributed by atoms with Gasteiger partial charge in [0.05, 0.1) is 6.54 Å². The van der Waals surface area contributed by atoms with E-state index in [1.807, 2.05) is 0 Å². The number of nitrogens with one attached hydrogen (secondary N) is 1. The van der Waals surface area contributed by atoms with Crippen molar-refractivity contribution in [1.82, 2.24) is 10.2 Å². The summed E-state index contributed by atoms with van der Waals surface area (Å²) < 4.78 is 0. The molecular formula is C19H33IN4. The number of rotatable bonds is 6. The molecule has 5 heteroatoms. The zero-order chi connectivity index (χ0) is 16.7. The lowest BCUT2D eigenvalue weighted by Gasteiger charge is -2.35. The van der Waals surface area contributed by atoms with E-state index in [-0.39, 0.29) is 24.0 Å². The van der Waals surface area contributed by atoms with Crippen molar-refractivity contribution in [1.29, 1.82) is 0 Å². The summed E-state index contributed by atoms with van der Waals surface area (Å²) in [6, 6.07) is 8.61. The van der Waals surface area contributed by atoms with Crippen molar-refractivity contribution in [2.24, 2.45) is 22.6 Å². The first-order valence-electron chi connectivity index (χ1n) is 8.91. The Labute approximate surface area is 164 Å². The summed E-state index contributed by atoms with van der Waals surface area (Å²) in [5, 5.41) is 3.13. The Morgan fingerprint density at radius 2 is 1.83 bits per heavy atom. The third-order valence-corrected chi connectivity index (χ3v) is 4.43. The maximum atomic E-state index is 5.91. The third kappa shape index (κ3) is 6.97. The van der Waals surface area contributed by atoms with Crippen LogP contribution in [0.25, 0.3) is 0 Å². The molecule has 1 aliphatic rings. The van der Waals surface area contributed by atoms with Crippen LogP contribution in [0.3, 0.4) is 0 Å². The van der Waals surface area contributed by atoms with Crippen molar-refractivity contribution in [3.63, 3.8) is 0 Å². The Hall–Kier alpha value is -0.820. The molecule has 0 bridgehead atoms. The van der Waals surface area contributed by atoms with Gasteiger partial charge in [-0.1, -0.05) is 45.0 Å².